The fourth-order valence-corrected chi connectivity index (χ4v) is 2.51. The first-order valence-electron chi connectivity index (χ1n) is 5.61. The Morgan fingerprint density at radius 1 is 1.44 bits per heavy atom. The van der Waals surface area contributed by atoms with Crippen LogP contribution in [0.4, 0.5) is 0 Å². The van der Waals surface area contributed by atoms with Gasteiger partial charge in [0.15, 0.2) is 0 Å². The zero-order valence-corrected chi connectivity index (χ0v) is 11.3. The van der Waals surface area contributed by atoms with Crippen LogP contribution in [0.25, 0.3) is 0 Å². The number of ether oxygens (including phenoxy) is 1. The van der Waals surface area contributed by atoms with Gasteiger partial charge in [0, 0.05) is 22.2 Å². The fourth-order valence-electron chi connectivity index (χ4n) is 1.50. The van der Waals surface area contributed by atoms with E-state index in [2.05, 4.69) is 5.32 Å². The molecule has 1 unspecified atom stereocenters. The first-order chi connectivity index (χ1) is 8.47. The lowest BCUT2D eigenvalue weighted by atomic mass is 10.2. The number of carboxylic acid groups (broad SMARTS) is 1. The van der Waals surface area contributed by atoms with Gasteiger partial charge in [0.1, 0.15) is 13.2 Å². The largest absolute Gasteiger partial charge is 0.480 e. The Bertz CT molecular complexity index is 416. The van der Waals surface area contributed by atoms with Crippen LogP contribution in [0.3, 0.4) is 0 Å². The molecule has 0 aliphatic carbocycles. The maximum atomic E-state index is 11.4. The molecule has 0 aliphatic heterocycles. The van der Waals surface area contributed by atoms with Crippen molar-refractivity contribution in [1.29, 1.82) is 0 Å². The van der Waals surface area contributed by atoms with E-state index in [9.17, 15) is 9.59 Å². The summed E-state index contributed by atoms with van der Waals surface area (Å²) in [4.78, 5) is 24.1. The van der Waals surface area contributed by atoms with E-state index < -0.39 is 12.6 Å². The van der Waals surface area contributed by atoms with E-state index in [1.807, 2.05) is 26.0 Å². The van der Waals surface area contributed by atoms with Crippen LogP contribution in [-0.4, -0.2) is 36.2 Å². The van der Waals surface area contributed by atoms with E-state index >= 15 is 0 Å². The third-order valence-corrected chi connectivity index (χ3v) is 3.19. The monoisotopic (exact) mass is 271 g/mol. The zero-order valence-electron chi connectivity index (χ0n) is 10.4. The SMILES string of the molecule is Cc1ccc(CC(C)NC(=O)COCC(=O)O)s1. The second kappa shape index (κ2) is 7.13. The van der Waals surface area contributed by atoms with E-state index in [0.29, 0.717) is 0 Å². The molecule has 0 spiro atoms. The van der Waals surface area contributed by atoms with Crippen molar-refractivity contribution in [3.05, 3.63) is 21.9 Å². The molecule has 18 heavy (non-hydrogen) atoms. The maximum absolute atomic E-state index is 11.4. The number of nitrogens with one attached hydrogen (secondary N) is 1. The quantitative estimate of drug-likeness (QED) is 0.781. The van der Waals surface area contributed by atoms with Crippen LogP contribution in [0.15, 0.2) is 12.1 Å². The Labute approximate surface area is 110 Å². The topological polar surface area (TPSA) is 75.6 Å². The van der Waals surface area contributed by atoms with Gasteiger partial charge in [-0.05, 0) is 26.0 Å². The van der Waals surface area contributed by atoms with Crippen LogP contribution in [-0.2, 0) is 20.7 Å². The predicted octanol–water partition coefficient (Wildman–Crippen LogP) is 1.20. The average molecular weight is 271 g/mol. The Hall–Kier alpha value is -1.40. The summed E-state index contributed by atoms with van der Waals surface area (Å²) in [7, 11) is 0. The standard InChI is InChI=1S/C12H17NO4S/c1-8(5-10-4-3-9(2)18-10)13-11(14)6-17-7-12(15)16/h3-4,8H,5-7H2,1-2H3,(H,13,14)(H,15,16). The molecule has 0 aliphatic rings. The fraction of sp³-hybridized carbons (Fsp3) is 0.500. The number of aliphatic carboxylic acids is 1. The van der Waals surface area contributed by atoms with E-state index in [-0.39, 0.29) is 18.6 Å². The molecule has 6 heteroatoms. The molecule has 1 aromatic rings. The van der Waals surface area contributed by atoms with Crippen molar-refractivity contribution in [2.45, 2.75) is 26.3 Å². The van der Waals surface area contributed by atoms with Crippen molar-refractivity contribution in [1.82, 2.24) is 5.32 Å². The Morgan fingerprint density at radius 2 is 2.17 bits per heavy atom. The lowest BCUT2D eigenvalue weighted by molar-refractivity contribution is -0.143. The van der Waals surface area contributed by atoms with Crippen molar-refractivity contribution in [3.8, 4) is 0 Å². The van der Waals surface area contributed by atoms with Crippen LogP contribution < -0.4 is 5.32 Å². The first kappa shape index (κ1) is 14.7. The predicted molar refractivity (Wildman–Crippen MR) is 68.8 cm³/mol. The number of carbonyl (C=O) groups excluding carboxylic acids is 1. The van der Waals surface area contributed by atoms with E-state index in [4.69, 9.17) is 9.84 Å². The van der Waals surface area contributed by atoms with Crippen LogP contribution in [0.1, 0.15) is 16.7 Å². The summed E-state index contributed by atoms with van der Waals surface area (Å²) in [6.45, 7) is 3.27. The molecule has 5 nitrogen and oxygen atoms in total. The van der Waals surface area contributed by atoms with Gasteiger partial charge in [-0.3, -0.25) is 4.79 Å². The molecule has 0 aromatic carbocycles. The molecule has 1 heterocycles. The molecule has 0 fully saturated rings. The van der Waals surface area contributed by atoms with E-state index in [1.54, 1.807) is 11.3 Å². The average Bonchev–Trinajstić information content (AvgIpc) is 2.62. The number of carbonyl (C=O) groups is 2. The second-order valence-corrected chi connectivity index (χ2v) is 5.44. The normalized spacial score (nSPS) is 12.1. The maximum Gasteiger partial charge on any atom is 0.329 e. The molecule has 0 saturated carbocycles. The summed E-state index contributed by atoms with van der Waals surface area (Å²) >= 11 is 1.70. The Balaban J connectivity index is 2.25. The Kier molecular flexibility index (Phi) is 5.80. The van der Waals surface area contributed by atoms with Crippen molar-refractivity contribution in [2.75, 3.05) is 13.2 Å². The lowest BCUT2D eigenvalue weighted by Gasteiger charge is -2.12. The third-order valence-electron chi connectivity index (χ3n) is 2.17. The summed E-state index contributed by atoms with van der Waals surface area (Å²) in [5, 5.41) is 11.1. The molecule has 0 bridgehead atoms. The van der Waals surface area contributed by atoms with Crippen LogP contribution in [0, 0.1) is 6.92 Å². The van der Waals surface area contributed by atoms with Gasteiger partial charge in [0.05, 0.1) is 0 Å². The first-order valence-corrected chi connectivity index (χ1v) is 6.43. The number of rotatable bonds is 7. The summed E-state index contributed by atoms with van der Waals surface area (Å²) in [5.41, 5.74) is 0. The van der Waals surface area contributed by atoms with E-state index in [0.717, 1.165) is 6.42 Å². The minimum Gasteiger partial charge on any atom is -0.480 e. The van der Waals surface area contributed by atoms with Crippen LogP contribution >= 0.6 is 11.3 Å². The van der Waals surface area contributed by atoms with Gasteiger partial charge in [-0.25, -0.2) is 4.79 Å². The highest BCUT2D eigenvalue weighted by atomic mass is 32.1. The molecule has 0 saturated heterocycles. The number of aryl methyl sites for hydroxylation is 1. The summed E-state index contributed by atoms with van der Waals surface area (Å²) in [5.74, 6) is -1.37. The van der Waals surface area contributed by atoms with Crippen molar-refractivity contribution >= 4 is 23.2 Å². The molecule has 1 atom stereocenters. The molecule has 1 aromatic heterocycles. The molecular weight excluding hydrogens is 254 g/mol. The molecular formula is C12H17NO4S. The van der Waals surface area contributed by atoms with Gasteiger partial charge >= 0.3 is 5.97 Å². The molecule has 1 amide bonds. The van der Waals surface area contributed by atoms with Gasteiger partial charge in [0.25, 0.3) is 0 Å². The third kappa shape index (κ3) is 5.79. The van der Waals surface area contributed by atoms with Gasteiger partial charge in [0.2, 0.25) is 5.91 Å². The number of thiophene rings is 1. The van der Waals surface area contributed by atoms with Crippen molar-refractivity contribution < 1.29 is 19.4 Å². The van der Waals surface area contributed by atoms with E-state index in [1.165, 1.54) is 9.75 Å². The van der Waals surface area contributed by atoms with Gasteiger partial charge in [-0.15, -0.1) is 11.3 Å². The highest BCUT2D eigenvalue weighted by Crippen LogP contribution is 2.16. The van der Waals surface area contributed by atoms with Crippen LogP contribution in [0.5, 0.6) is 0 Å². The summed E-state index contributed by atoms with van der Waals surface area (Å²) < 4.78 is 4.70. The minimum absolute atomic E-state index is 0.00368. The zero-order chi connectivity index (χ0) is 13.5. The van der Waals surface area contributed by atoms with Gasteiger partial charge in [-0.1, -0.05) is 0 Å². The molecule has 1 rings (SSSR count). The smallest absolute Gasteiger partial charge is 0.329 e. The number of hydrogen-bond donors (Lipinski definition) is 2. The van der Waals surface area contributed by atoms with Crippen LogP contribution in [0.2, 0.25) is 0 Å². The lowest BCUT2D eigenvalue weighted by Crippen LogP contribution is -2.36. The summed E-state index contributed by atoms with van der Waals surface area (Å²) in [6.07, 6.45) is 0.767. The highest BCUT2D eigenvalue weighted by molar-refractivity contribution is 7.11. The minimum atomic E-state index is -1.08. The second-order valence-electron chi connectivity index (χ2n) is 4.07. The highest BCUT2D eigenvalue weighted by Gasteiger charge is 2.10. The number of hydrogen-bond acceptors (Lipinski definition) is 4. The molecule has 100 valence electrons. The van der Waals surface area contributed by atoms with Crippen molar-refractivity contribution in [2.24, 2.45) is 0 Å². The van der Waals surface area contributed by atoms with Gasteiger partial charge < -0.3 is 15.2 Å². The number of amides is 1. The molecule has 0 radical (unpaired) electrons. The van der Waals surface area contributed by atoms with Crippen molar-refractivity contribution in [3.63, 3.8) is 0 Å². The summed E-state index contributed by atoms with van der Waals surface area (Å²) in [6, 6.07) is 4.10. The van der Waals surface area contributed by atoms with Gasteiger partial charge in [-0.2, -0.15) is 0 Å². The number of carboxylic acids is 1. The Morgan fingerprint density at radius 3 is 2.72 bits per heavy atom. The molecule has 2 N–H and O–H groups in total.